The summed E-state index contributed by atoms with van der Waals surface area (Å²) in [7, 11) is 0. The van der Waals surface area contributed by atoms with Gasteiger partial charge in [0.25, 0.3) is 5.91 Å². The molecule has 23 heavy (non-hydrogen) atoms. The van der Waals surface area contributed by atoms with Gasteiger partial charge in [0.1, 0.15) is 5.75 Å². The quantitative estimate of drug-likeness (QED) is 0.684. The summed E-state index contributed by atoms with van der Waals surface area (Å²) in [4.78, 5) is 11.8. The maximum atomic E-state index is 13.4. The highest BCUT2D eigenvalue weighted by Crippen LogP contribution is 2.21. The van der Waals surface area contributed by atoms with E-state index in [-0.39, 0.29) is 5.75 Å². The SMILES string of the molecule is C[C@@H](Oc1ccc(F)c(F)c1)C(=O)Nc1ccc(F)c(F)c1F. The van der Waals surface area contributed by atoms with Gasteiger partial charge in [-0.3, -0.25) is 4.79 Å². The largest absolute Gasteiger partial charge is 0.481 e. The number of hydrogen-bond acceptors (Lipinski definition) is 2. The maximum absolute atomic E-state index is 13.4. The van der Waals surface area contributed by atoms with Crippen LogP contribution >= 0.6 is 0 Å². The van der Waals surface area contributed by atoms with E-state index in [1.807, 2.05) is 5.32 Å². The molecule has 2 aromatic carbocycles. The number of carbonyl (C=O) groups excluding carboxylic acids is 1. The second-order valence-electron chi connectivity index (χ2n) is 4.55. The van der Waals surface area contributed by atoms with Gasteiger partial charge in [0.15, 0.2) is 35.2 Å². The highest BCUT2D eigenvalue weighted by Gasteiger charge is 2.20. The van der Waals surface area contributed by atoms with Crippen molar-refractivity contribution in [1.82, 2.24) is 0 Å². The minimum atomic E-state index is -1.73. The molecule has 8 heteroatoms. The Morgan fingerprint density at radius 3 is 2.26 bits per heavy atom. The van der Waals surface area contributed by atoms with E-state index < -0.39 is 46.8 Å². The normalized spacial score (nSPS) is 11.9. The lowest BCUT2D eigenvalue weighted by atomic mass is 10.2. The van der Waals surface area contributed by atoms with Gasteiger partial charge in [-0.1, -0.05) is 0 Å². The van der Waals surface area contributed by atoms with Crippen LogP contribution in [0.4, 0.5) is 27.6 Å². The monoisotopic (exact) mass is 331 g/mol. The molecule has 0 aromatic heterocycles. The fraction of sp³-hybridized carbons (Fsp3) is 0.133. The van der Waals surface area contributed by atoms with E-state index in [9.17, 15) is 26.7 Å². The summed E-state index contributed by atoms with van der Waals surface area (Å²) in [5.41, 5.74) is -0.574. The Morgan fingerprint density at radius 2 is 1.61 bits per heavy atom. The van der Waals surface area contributed by atoms with Gasteiger partial charge in [-0.25, -0.2) is 22.0 Å². The molecule has 2 rings (SSSR count). The zero-order chi connectivity index (χ0) is 17.1. The van der Waals surface area contributed by atoms with Gasteiger partial charge in [0, 0.05) is 6.07 Å². The lowest BCUT2D eigenvalue weighted by Gasteiger charge is -2.15. The van der Waals surface area contributed by atoms with Crippen LogP contribution in [0.5, 0.6) is 5.75 Å². The molecule has 0 fully saturated rings. The van der Waals surface area contributed by atoms with Gasteiger partial charge in [0.05, 0.1) is 5.69 Å². The van der Waals surface area contributed by atoms with Gasteiger partial charge < -0.3 is 10.1 Å². The van der Waals surface area contributed by atoms with Gasteiger partial charge in [-0.15, -0.1) is 0 Å². The van der Waals surface area contributed by atoms with Crippen LogP contribution < -0.4 is 10.1 Å². The van der Waals surface area contributed by atoms with Crippen molar-refractivity contribution >= 4 is 11.6 Å². The van der Waals surface area contributed by atoms with Gasteiger partial charge in [-0.05, 0) is 31.2 Å². The van der Waals surface area contributed by atoms with E-state index >= 15 is 0 Å². The molecule has 0 aliphatic heterocycles. The summed E-state index contributed by atoms with van der Waals surface area (Å²) >= 11 is 0. The van der Waals surface area contributed by atoms with Gasteiger partial charge in [0.2, 0.25) is 0 Å². The zero-order valence-corrected chi connectivity index (χ0v) is 11.7. The molecule has 1 N–H and O–H groups in total. The fourth-order valence-electron chi connectivity index (χ4n) is 1.66. The van der Waals surface area contributed by atoms with Crippen LogP contribution in [0.15, 0.2) is 30.3 Å². The van der Waals surface area contributed by atoms with Crippen molar-refractivity contribution in [3.8, 4) is 5.75 Å². The molecule has 0 aliphatic rings. The second kappa shape index (κ2) is 6.64. The summed E-state index contributed by atoms with van der Waals surface area (Å²) < 4.78 is 70.2. The Labute approximate surface area is 127 Å². The molecule has 122 valence electrons. The second-order valence-corrected chi connectivity index (χ2v) is 4.55. The molecule has 0 heterocycles. The van der Waals surface area contributed by atoms with Gasteiger partial charge in [-0.2, -0.15) is 0 Å². The standard InChI is InChI=1S/C15H10F5NO2/c1-7(23-8-2-3-9(16)11(18)6-8)15(22)21-12-5-4-10(17)13(19)14(12)20/h2-7H,1H3,(H,21,22)/t7-/m1/s1. The van der Waals surface area contributed by atoms with Crippen molar-refractivity contribution in [1.29, 1.82) is 0 Å². The Bertz CT molecular complexity index is 751. The summed E-state index contributed by atoms with van der Waals surface area (Å²) in [6, 6.07) is 4.13. The Kier molecular flexibility index (Phi) is 4.83. The number of carbonyl (C=O) groups is 1. The van der Waals surface area contributed by atoms with Crippen molar-refractivity contribution in [3.63, 3.8) is 0 Å². The number of hydrogen-bond donors (Lipinski definition) is 1. The molecular formula is C15H10F5NO2. The first-order chi connectivity index (χ1) is 10.8. The average molecular weight is 331 g/mol. The molecular weight excluding hydrogens is 321 g/mol. The highest BCUT2D eigenvalue weighted by atomic mass is 19.2. The minimum absolute atomic E-state index is 0.127. The van der Waals surface area contributed by atoms with Crippen molar-refractivity contribution in [2.45, 2.75) is 13.0 Å². The Hall–Kier alpha value is -2.64. The number of ether oxygens (including phenoxy) is 1. The Balaban J connectivity index is 2.08. The lowest BCUT2D eigenvalue weighted by Crippen LogP contribution is -2.30. The number of halogens is 5. The summed E-state index contributed by atoms with van der Waals surface area (Å²) in [6.07, 6.45) is -1.23. The molecule has 1 amide bonds. The lowest BCUT2D eigenvalue weighted by molar-refractivity contribution is -0.122. The van der Waals surface area contributed by atoms with E-state index in [4.69, 9.17) is 4.74 Å². The maximum Gasteiger partial charge on any atom is 0.265 e. The highest BCUT2D eigenvalue weighted by molar-refractivity contribution is 5.94. The van der Waals surface area contributed by atoms with Crippen LogP contribution in [0.3, 0.4) is 0 Å². The number of benzene rings is 2. The summed E-state index contributed by atoms with van der Waals surface area (Å²) in [6.45, 7) is 1.26. The minimum Gasteiger partial charge on any atom is -0.481 e. The third kappa shape index (κ3) is 3.77. The van der Waals surface area contributed by atoms with Crippen molar-refractivity contribution in [2.24, 2.45) is 0 Å². The fourth-order valence-corrected chi connectivity index (χ4v) is 1.66. The number of rotatable bonds is 4. The van der Waals surface area contributed by atoms with Gasteiger partial charge >= 0.3 is 0 Å². The number of anilines is 1. The third-order valence-corrected chi connectivity index (χ3v) is 2.87. The first kappa shape index (κ1) is 16.7. The van der Waals surface area contributed by atoms with E-state index in [2.05, 4.69) is 0 Å². The number of nitrogens with one attached hydrogen (secondary N) is 1. The molecule has 0 spiro atoms. The van der Waals surface area contributed by atoms with Crippen LogP contribution in [0.25, 0.3) is 0 Å². The molecule has 0 bridgehead atoms. The van der Waals surface area contributed by atoms with E-state index in [0.717, 1.165) is 24.3 Å². The smallest absolute Gasteiger partial charge is 0.265 e. The molecule has 3 nitrogen and oxygen atoms in total. The summed E-state index contributed by atoms with van der Waals surface area (Å²) in [5, 5.41) is 2.01. The predicted octanol–water partition coefficient (Wildman–Crippen LogP) is 3.79. The average Bonchev–Trinajstić information content (AvgIpc) is 2.51. The molecule has 0 radical (unpaired) electrons. The molecule has 0 saturated carbocycles. The number of amides is 1. The van der Waals surface area contributed by atoms with Crippen molar-refractivity contribution in [2.75, 3.05) is 5.32 Å². The van der Waals surface area contributed by atoms with Crippen LogP contribution in [0.1, 0.15) is 6.92 Å². The van der Waals surface area contributed by atoms with Crippen LogP contribution in [-0.2, 0) is 4.79 Å². The van der Waals surface area contributed by atoms with Crippen LogP contribution in [0.2, 0.25) is 0 Å². The van der Waals surface area contributed by atoms with E-state index in [0.29, 0.717) is 6.07 Å². The van der Waals surface area contributed by atoms with E-state index in [1.54, 1.807) is 0 Å². The van der Waals surface area contributed by atoms with E-state index in [1.165, 1.54) is 6.92 Å². The molecule has 1 atom stereocenters. The van der Waals surface area contributed by atoms with Crippen molar-refractivity contribution < 1.29 is 31.5 Å². The first-order valence-corrected chi connectivity index (χ1v) is 6.35. The third-order valence-electron chi connectivity index (χ3n) is 2.87. The first-order valence-electron chi connectivity index (χ1n) is 6.35. The summed E-state index contributed by atoms with van der Waals surface area (Å²) in [5.74, 6) is -7.95. The zero-order valence-electron chi connectivity index (χ0n) is 11.7. The topological polar surface area (TPSA) is 38.3 Å². The molecule has 0 unspecified atom stereocenters. The predicted molar refractivity (Wildman–Crippen MR) is 71.4 cm³/mol. The van der Waals surface area contributed by atoms with Crippen LogP contribution in [-0.4, -0.2) is 12.0 Å². The molecule has 0 saturated heterocycles. The molecule has 2 aromatic rings. The Morgan fingerprint density at radius 1 is 0.957 bits per heavy atom. The van der Waals surface area contributed by atoms with Crippen molar-refractivity contribution in [3.05, 3.63) is 59.4 Å². The van der Waals surface area contributed by atoms with Crippen LogP contribution in [0, 0.1) is 29.1 Å². The molecule has 0 aliphatic carbocycles.